The second-order valence-electron chi connectivity index (χ2n) is 5.16. The fraction of sp³-hybridized carbons (Fsp3) is 0.611. The van der Waals surface area contributed by atoms with E-state index in [1.165, 1.54) is 5.56 Å². The summed E-state index contributed by atoms with van der Waals surface area (Å²) in [5.41, 5.74) is 2.33. The van der Waals surface area contributed by atoms with Crippen LogP contribution in [0.2, 0.25) is 0 Å². The highest BCUT2D eigenvalue weighted by molar-refractivity contribution is 5.71. The molecule has 0 N–H and O–H groups in total. The summed E-state index contributed by atoms with van der Waals surface area (Å²) in [7, 11) is 5.29. The summed E-state index contributed by atoms with van der Waals surface area (Å²) in [4.78, 5) is 14.0. The van der Waals surface area contributed by atoms with Crippen LogP contribution in [0, 0.1) is 0 Å². The predicted octanol–water partition coefficient (Wildman–Crippen LogP) is 3.21. The Morgan fingerprint density at radius 1 is 1.22 bits per heavy atom. The molecule has 0 fully saturated rings. The number of fused-ring (bicyclic) bond motifs is 1. The number of esters is 1. The maximum absolute atomic E-state index is 11.8. The number of hydrogen-bond acceptors (Lipinski definition) is 5. The first-order valence-corrected chi connectivity index (χ1v) is 8.21. The van der Waals surface area contributed by atoms with Gasteiger partial charge in [0.05, 0.1) is 27.2 Å². The van der Waals surface area contributed by atoms with Crippen LogP contribution in [-0.2, 0) is 16.0 Å². The Labute approximate surface area is 139 Å². The molecule has 1 heterocycles. The van der Waals surface area contributed by atoms with E-state index >= 15 is 0 Å². The van der Waals surface area contributed by atoms with Gasteiger partial charge in [0.2, 0.25) is 0 Å². The molecule has 0 aromatic heterocycles. The van der Waals surface area contributed by atoms with Gasteiger partial charge in [-0.2, -0.15) is 0 Å². The molecule has 1 atom stereocenters. The third-order valence-corrected chi connectivity index (χ3v) is 3.94. The van der Waals surface area contributed by atoms with Crippen LogP contribution in [0.4, 0.5) is 0 Å². The number of carbonyl (C=O) groups is 1. The molecule has 1 aromatic rings. The van der Waals surface area contributed by atoms with Gasteiger partial charge in [-0.15, -0.1) is 0 Å². The Morgan fingerprint density at radius 2 is 1.83 bits per heavy atom. The summed E-state index contributed by atoms with van der Waals surface area (Å²) in [5, 5.41) is 0. The lowest BCUT2D eigenvalue weighted by molar-refractivity contribution is -0.144. The van der Waals surface area contributed by atoms with E-state index in [0.29, 0.717) is 18.8 Å². The zero-order valence-corrected chi connectivity index (χ0v) is 15.1. The van der Waals surface area contributed by atoms with E-state index < -0.39 is 0 Å². The van der Waals surface area contributed by atoms with Crippen molar-refractivity contribution in [2.24, 2.45) is 0 Å². The van der Waals surface area contributed by atoms with Gasteiger partial charge in [-0.1, -0.05) is 13.8 Å². The maximum Gasteiger partial charge on any atom is 0.307 e. The summed E-state index contributed by atoms with van der Waals surface area (Å²) in [6, 6.07) is 4.01. The van der Waals surface area contributed by atoms with E-state index in [2.05, 4.69) is 4.90 Å². The molecular weight excluding hydrogens is 294 g/mol. The predicted molar refractivity (Wildman–Crippen MR) is 91.2 cm³/mol. The minimum atomic E-state index is -0.169. The van der Waals surface area contributed by atoms with Crippen molar-refractivity contribution in [3.05, 3.63) is 23.3 Å². The molecule has 1 aliphatic heterocycles. The number of carbonyl (C=O) groups excluding carboxylic acids is 1. The highest BCUT2D eigenvalue weighted by Gasteiger charge is 2.29. The first kappa shape index (κ1) is 19.3. The number of ether oxygens (including phenoxy) is 3. The van der Waals surface area contributed by atoms with Crippen LogP contribution in [0.25, 0.3) is 0 Å². The van der Waals surface area contributed by atoms with Crippen molar-refractivity contribution in [3.8, 4) is 11.5 Å². The molecular formula is C18H29NO4. The average molecular weight is 323 g/mol. The fourth-order valence-corrected chi connectivity index (χ4v) is 2.80. The first-order chi connectivity index (χ1) is 11.1. The van der Waals surface area contributed by atoms with E-state index in [1.54, 1.807) is 14.2 Å². The Kier molecular flexibility index (Phi) is 7.89. The summed E-state index contributed by atoms with van der Waals surface area (Å²) < 4.78 is 15.8. The van der Waals surface area contributed by atoms with Gasteiger partial charge in [0, 0.05) is 12.6 Å². The van der Waals surface area contributed by atoms with Crippen LogP contribution in [-0.4, -0.2) is 45.3 Å². The zero-order valence-electron chi connectivity index (χ0n) is 15.1. The van der Waals surface area contributed by atoms with Gasteiger partial charge in [0.15, 0.2) is 11.5 Å². The lowest BCUT2D eigenvalue weighted by atomic mass is 9.90. The minimum Gasteiger partial charge on any atom is -0.493 e. The van der Waals surface area contributed by atoms with Gasteiger partial charge in [0.1, 0.15) is 0 Å². The molecule has 0 aliphatic carbocycles. The van der Waals surface area contributed by atoms with Crippen LogP contribution in [0.5, 0.6) is 11.5 Å². The number of benzene rings is 1. The summed E-state index contributed by atoms with van der Waals surface area (Å²) in [5.74, 6) is 1.26. The summed E-state index contributed by atoms with van der Waals surface area (Å²) in [6.45, 7) is 7.14. The Hall–Kier alpha value is -1.75. The third-order valence-electron chi connectivity index (χ3n) is 3.94. The average Bonchev–Trinajstić information content (AvgIpc) is 2.58. The van der Waals surface area contributed by atoms with Crippen LogP contribution >= 0.6 is 0 Å². The Bertz CT molecular complexity index is 516. The molecule has 5 heteroatoms. The van der Waals surface area contributed by atoms with Crippen LogP contribution in [0.3, 0.4) is 0 Å². The van der Waals surface area contributed by atoms with Crippen LogP contribution in [0.15, 0.2) is 12.1 Å². The second-order valence-corrected chi connectivity index (χ2v) is 5.16. The standard InChI is InChI=1S/C16H23NO4.C2H6/c1-5-21-16(18)10-13-12-9-15(20-4)14(19-3)8-11(12)6-7-17(13)2;1-2/h8-9,13H,5-7,10H2,1-4H3;1-2H3. The van der Waals surface area contributed by atoms with Gasteiger partial charge in [-0.25, -0.2) is 0 Å². The first-order valence-electron chi connectivity index (χ1n) is 8.21. The smallest absolute Gasteiger partial charge is 0.307 e. The van der Waals surface area contributed by atoms with Crippen molar-refractivity contribution in [3.63, 3.8) is 0 Å². The number of rotatable bonds is 5. The van der Waals surface area contributed by atoms with Crippen molar-refractivity contribution in [2.75, 3.05) is 34.4 Å². The molecule has 0 bridgehead atoms. The van der Waals surface area contributed by atoms with E-state index in [1.807, 2.05) is 40.0 Å². The number of likely N-dealkylation sites (N-methyl/N-ethyl adjacent to an activating group) is 1. The molecule has 0 spiro atoms. The van der Waals surface area contributed by atoms with Gasteiger partial charge < -0.3 is 14.2 Å². The van der Waals surface area contributed by atoms with Crippen LogP contribution in [0.1, 0.15) is 44.4 Å². The second kappa shape index (κ2) is 9.40. The molecule has 0 amide bonds. The quantitative estimate of drug-likeness (QED) is 0.779. The maximum atomic E-state index is 11.8. The van der Waals surface area contributed by atoms with Crippen molar-refractivity contribution < 1.29 is 19.0 Å². The molecule has 1 aromatic carbocycles. The molecule has 5 nitrogen and oxygen atoms in total. The topological polar surface area (TPSA) is 48.0 Å². The monoisotopic (exact) mass is 323 g/mol. The number of hydrogen-bond donors (Lipinski definition) is 0. The number of methoxy groups -OCH3 is 2. The normalized spacial score (nSPS) is 16.7. The molecule has 2 rings (SSSR count). The van der Waals surface area contributed by atoms with Crippen molar-refractivity contribution in [2.45, 2.75) is 39.7 Å². The van der Waals surface area contributed by atoms with E-state index in [4.69, 9.17) is 14.2 Å². The molecule has 1 aliphatic rings. The van der Waals surface area contributed by atoms with Gasteiger partial charge in [-0.05, 0) is 43.7 Å². The van der Waals surface area contributed by atoms with E-state index in [9.17, 15) is 4.79 Å². The van der Waals surface area contributed by atoms with E-state index in [0.717, 1.165) is 24.3 Å². The lowest BCUT2D eigenvalue weighted by Gasteiger charge is -2.34. The van der Waals surface area contributed by atoms with Crippen molar-refractivity contribution in [1.29, 1.82) is 0 Å². The summed E-state index contributed by atoms with van der Waals surface area (Å²) in [6.07, 6.45) is 1.29. The molecule has 0 saturated carbocycles. The Morgan fingerprint density at radius 3 is 2.39 bits per heavy atom. The van der Waals surface area contributed by atoms with Crippen LogP contribution < -0.4 is 9.47 Å². The third kappa shape index (κ3) is 4.61. The largest absolute Gasteiger partial charge is 0.493 e. The van der Waals surface area contributed by atoms with Gasteiger partial charge in [0.25, 0.3) is 0 Å². The highest BCUT2D eigenvalue weighted by Crippen LogP contribution is 2.38. The van der Waals surface area contributed by atoms with E-state index in [-0.39, 0.29) is 12.0 Å². The molecule has 0 radical (unpaired) electrons. The van der Waals surface area contributed by atoms with Gasteiger partial charge >= 0.3 is 5.97 Å². The van der Waals surface area contributed by atoms with Crippen molar-refractivity contribution >= 4 is 5.97 Å². The Balaban J connectivity index is 0.00000127. The van der Waals surface area contributed by atoms with Crippen molar-refractivity contribution in [1.82, 2.24) is 4.90 Å². The minimum absolute atomic E-state index is 0.0209. The fourth-order valence-electron chi connectivity index (χ4n) is 2.80. The molecule has 23 heavy (non-hydrogen) atoms. The number of nitrogens with zero attached hydrogens (tertiary/aromatic N) is 1. The highest BCUT2D eigenvalue weighted by atomic mass is 16.5. The lowest BCUT2D eigenvalue weighted by Crippen LogP contribution is -2.34. The zero-order chi connectivity index (χ0) is 17.4. The molecule has 0 saturated heterocycles. The molecule has 1 unspecified atom stereocenters. The van der Waals surface area contributed by atoms with Gasteiger partial charge in [-0.3, -0.25) is 9.69 Å². The molecule has 130 valence electrons. The SMILES string of the molecule is CC.CCOC(=O)CC1c2cc(OC)c(OC)cc2CCN1C. The summed E-state index contributed by atoms with van der Waals surface area (Å²) >= 11 is 0.